The zero-order chi connectivity index (χ0) is 11.3. The van der Waals surface area contributed by atoms with Gasteiger partial charge in [-0.25, -0.2) is 9.10 Å². The van der Waals surface area contributed by atoms with Gasteiger partial charge in [0.25, 0.3) is 0 Å². The van der Waals surface area contributed by atoms with Crippen LogP contribution in [-0.2, 0) is 9.53 Å². The summed E-state index contributed by atoms with van der Waals surface area (Å²) >= 11 is 1.62. The summed E-state index contributed by atoms with van der Waals surface area (Å²) in [6.07, 6.45) is 6.18. The van der Waals surface area contributed by atoms with E-state index < -0.39 is 0 Å². The van der Waals surface area contributed by atoms with E-state index >= 15 is 0 Å². The molecular formula is C11H19NO2S. The molecule has 15 heavy (non-hydrogen) atoms. The molecule has 0 aromatic carbocycles. The van der Waals surface area contributed by atoms with Crippen molar-refractivity contribution in [2.24, 2.45) is 0 Å². The number of nitrogens with zero attached hydrogens (tertiary/aromatic N) is 1. The minimum Gasteiger partial charge on any atom is -0.465 e. The van der Waals surface area contributed by atoms with Crippen LogP contribution in [0.15, 0.2) is 11.6 Å². The van der Waals surface area contributed by atoms with Crippen LogP contribution in [0, 0.1) is 0 Å². The smallest absolute Gasteiger partial charge is 0.328 e. The minimum atomic E-state index is -0.168. The number of piperidine rings is 1. The van der Waals surface area contributed by atoms with E-state index in [-0.39, 0.29) is 12.0 Å². The lowest BCUT2D eigenvalue weighted by molar-refractivity contribution is -0.146. The standard InChI is InChI=1S/C11H19NO2S/c1-4-9-7-6-8-12(15-3)10(9)11(13)14-5-2/h4,10H,5-8H2,1-3H3. The van der Waals surface area contributed by atoms with Gasteiger partial charge in [0.1, 0.15) is 6.04 Å². The van der Waals surface area contributed by atoms with Gasteiger partial charge in [-0.3, -0.25) is 0 Å². The molecule has 1 fully saturated rings. The second-order valence-corrected chi connectivity index (χ2v) is 4.28. The fraction of sp³-hybridized carbons (Fsp3) is 0.727. The molecule has 4 heteroatoms. The fourth-order valence-corrected chi connectivity index (χ4v) is 2.62. The third-order valence-electron chi connectivity index (χ3n) is 2.60. The Balaban J connectivity index is 2.79. The highest BCUT2D eigenvalue weighted by atomic mass is 32.2. The van der Waals surface area contributed by atoms with Crippen LogP contribution < -0.4 is 0 Å². The quantitative estimate of drug-likeness (QED) is 0.422. The molecule has 1 rings (SSSR count). The summed E-state index contributed by atoms with van der Waals surface area (Å²) in [5.41, 5.74) is 1.19. The van der Waals surface area contributed by atoms with Crippen molar-refractivity contribution in [3.05, 3.63) is 11.6 Å². The highest BCUT2D eigenvalue weighted by molar-refractivity contribution is 7.96. The zero-order valence-electron chi connectivity index (χ0n) is 9.66. The normalized spacial score (nSPS) is 25.5. The number of hydrogen-bond acceptors (Lipinski definition) is 4. The molecule has 1 aliphatic rings. The highest BCUT2D eigenvalue weighted by Gasteiger charge is 2.32. The van der Waals surface area contributed by atoms with Crippen molar-refractivity contribution in [1.29, 1.82) is 0 Å². The Bertz CT molecular complexity index is 253. The number of carbonyl (C=O) groups is 1. The average molecular weight is 229 g/mol. The third-order valence-corrected chi connectivity index (χ3v) is 3.46. The van der Waals surface area contributed by atoms with Crippen LogP contribution in [0.5, 0.6) is 0 Å². The Morgan fingerprint density at radius 3 is 3.00 bits per heavy atom. The summed E-state index contributed by atoms with van der Waals surface area (Å²) < 4.78 is 7.22. The van der Waals surface area contributed by atoms with Gasteiger partial charge in [-0.1, -0.05) is 18.0 Å². The van der Waals surface area contributed by atoms with Gasteiger partial charge in [0.05, 0.1) is 6.61 Å². The molecule has 0 N–H and O–H groups in total. The molecule has 0 radical (unpaired) electrons. The monoisotopic (exact) mass is 229 g/mol. The first-order valence-corrected chi connectivity index (χ1v) is 6.55. The molecule has 1 heterocycles. The van der Waals surface area contributed by atoms with E-state index in [1.807, 2.05) is 26.2 Å². The molecule has 0 spiro atoms. The van der Waals surface area contributed by atoms with Crippen LogP contribution in [0.2, 0.25) is 0 Å². The van der Waals surface area contributed by atoms with Gasteiger partial charge >= 0.3 is 5.97 Å². The van der Waals surface area contributed by atoms with Crippen LogP contribution in [0.4, 0.5) is 0 Å². The number of rotatable bonds is 3. The van der Waals surface area contributed by atoms with Crippen molar-refractivity contribution in [2.45, 2.75) is 32.7 Å². The predicted molar refractivity (Wildman–Crippen MR) is 63.6 cm³/mol. The summed E-state index contributed by atoms with van der Waals surface area (Å²) in [6, 6.07) is -0.168. The van der Waals surface area contributed by atoms with Crippen molar-refractivity contribution >= 4 is 17.9 Å². The molecule has 1 unspecified atom stereocenters. The second-order valence-electron chi connectivity index (χ2n) is 3.44. The van der Waals surface area contributed by atoms with Crippen molar-refractivity contribution in [1.82, 2.24) is 4.31 Å². The lowest BCUT2D eigenvalue weighted by Crippen LogP contribution is -2.43. The lowest BCUT2D eigenvalue weighted by atomic mass is 9.97. The Hall–Kier alpha value is -0.480. The molecule has 0 aliphatic carbocycles. The van der Waals surface area contributed by atoms with Gasteiger partial charge in [0.15, 0.2) is 0 Å². The van der Waals surface area contributed by atoms with E-state index in [9.17, 15) is 4.79 Å². The van der Waals surface area contributed by atoms with Crippen LogP contribution in [0.3, 0.4) is 0 Å². The Labute approximate surface area is 96.0 Å². The number of hydrogen-bond donors (Lipinski definition) is 0. The Morgan fingerprint density at radius 1 is 1.73 bits per heavy atom. The molecule has 0 aromatic rings. The fourth-order valence-electron chi connectivity index (χ4n) is 1.88. The lowest BCUT2D eigenvalue weighted by Gasteiger charge is -2.33. The van der Waals surface area contributed by atoms with Crippen LogP contribution in [0.1, 0.15) is 26.7 Å². The van der Waals surface area contributed by atoms with Crippen molar-refractivity contribution in [2.75, 3.05) is 19.4 Å². The summed E-state index contributed by atoms with van der Waals surface area (Å²) in [5.74, 6) is -0.111. The molecule has 0 saturated carbocycles. The van der Waals surface area contributed by atoms with E-state index in [0.29, 0.717) is 6.61 Å². The zero-order valence-corrected chi connectivity index (χ0v) is 10.5. The van der Waals surface area contributed by atoms with E-state index in [2.05, 4.69) is 4.31 Å². The maximum atomic E-state index is 11.8. The first-order chi connectivity index (χ1) is 7.24. The van der Waals surface area contributed by atoms with Crippen molar-refractivity contribution < 1.29 is 9.53 Å². The highest BCUT2D eigenvalue weighted by Crippen LogP contribution is 2.28. The van der Waals surface area contributed by atoms with Gasteiger partial charge in [0.2, 0.25) is 0 Å². The second kappa shape index (κ2) is 6.18. The van der Waals surface area contributed by atoms with E-state index in [1.54, 1.807) is 11.9 Å². The van der Waals surface area contributed by atoms with Crippen molar-refractivity contribution in [3.8, 4) is 0 Å². The first kappa shape index (κ1) is 12.6. The topological polar surface area (TPSA) is 29.5 Å². The summed E-state index contributed by atoms with van der Waals surface area (Å²) in [7, 11) is 0. The minimum absolute atomic E-state index is 0.111. The predicted octanol–water partition coefficient (Wildman–Crippen LogP) is 2.24. The number of esters is 1. The first-order valence-electron chi connectivity index (χ1n) is 5.37. The SMILES string of the molecule is CC=C1CCCN(SC)C1C(=O)OCC. The number of allylic oxidation sites excluding steroid dienone is 1. The van der Waals surface area contributed by atoms with E-state index in [4.69, 9.17) is 4.74 Å². The maximum Gasteiger partial charge on any atom is 0.328 e. The van der Waals surface area contributed by atoms with Crippen LogP contribution >= 0.6 is 11.9 Å². The van der Waals surface area contributed by atoms with Gasteiger partial charge in [-0.15, -0.1) is 0 Å². The van der Waals surface area contributed by atoms with Gasteiger partial charge in [-0.2, -0.15) is 0 Å². The molecule has 1 aliphatic heterocycles. The maximum absolute atomic E-state index is 11.8. The molecule has 86 valence electrons. The van der Waals surface area contributed by atoms with E-state index in [1.165, 1.54) is 5.57 Å². The molecular weight excluding hydrogens is 210 g/mol. The average Bonchev–Trinajstić information content (AvgIpc) is 2.28. The summed E-state index contributed by atoms with van der Waals surface area (Å²) in [5, 5.41) is 0. The largest absolute Gasteiger partial charge is 0.465 e. The van der Waals surface area contributed by atoms with E-state index in [0.717, 1.165) is 19.4 Å². The number of ether oxygens (including phenoxy) is 1. The summed E-state index contributed by atoms with van der Waals surface area (Å²) in [4.78, 5) is 11.8. The third kappa shape index (κ3) is 2.98. The number of carbonyl (C=O) groups excluding carboxylic acids is 1. The van der Waals surface area contributed by atoms with Crippen LogP contribution in [0.25, 0.3) is 0 Å². The molecule has 1 saturated heterocycles. The molecule has 1 atom stereocenters. The van der Waals surface area contributed by atoms with Gasteiger partial charge < -0.3 is 4.74 Å². The van der Waals surface area contributed by atoms with Gasteiger partial charge in [-0.05, 0) is 38.5 Å². The summed E-state index contributed by atoms with van der Waals surface area (Å²) in [6.45, 7) is 5.25. The molecule has 3 nitrogen and oxygen atoms in total. The Morgan fingerprint density at radius 2 is 2.47 bits per heavy atom. The van der Waals surface area contributed by atoms with Crippen molar-refractivity contribution in [3.63, 3.8) is 0 Å². The van der Waals surface area contributed by atoms with Gasteiger partial charge in [0, 0.05) is 6.54 Å². The van der Waals surface area contributed by atoms with Crippen LogP contribution in [-0.4, -0.2) is 35.7 Å². The molecule has 0 aromatic heterocycles. The molecule has 0 bridgehead atoms. The Kier molecular flexibility index (Phi) is 5.19. The molecule has 0 amide bonds.